The Kier molecular flexibility index (Phi) is 4.39. The zero-order valence-corrected chi connectivity index (χ0v) is 11.3. The van der Waals surface area contributed by atoms with Gasteiger partial charge in [-0.3, -0.25) is 0 Å². The van der Waals surface area contributed by atoms with E-state index in [1.165, 1.54) is 0 Å². The first-order chi connectivity index (χ1) is 7.96. The summed E-state index contributed by atoms with van der Waals surface area (Å²) >= 11 is 6.09. The van der Waals surface area contributed by atoms with Crippen molar-refractivity contribution in [3.63, 3.8) is 0 Å². The molecule has 1 atom stereocenters. The van der Waals surface area contributed by atoms with Crippen molar-refractivity contribution in [2.24, 2.45) is 5.41 Å². The molecule has 3 nitrogen and oxygen atoms in total. The van der Waals surface area contributed by atoms with Crippen LogP contribution in [0.15, 0.2) is 18.2 Å². The number of nitrogens with one attached hydrogen (secondary N) is 1. The van der Waals surface area contributed by atoms with E-state index in [-0.39, 0.29) is 6.04 Å². The summed E-state index contributed by atoms with van der Waals surface area (Å²) in [6, 6.07) is 7.80. The van der Waals surface area contributed by atoms with Crippen LogP contribution in [0, 0.1) is 16.7 Å². The summed E-state index contributed by atoms with van der Waals surface area (Å²) in [5.41, 5.74) is 0.469. The van der Waals surface area contributed by atoms with Crippen LogP contribution >= 0.6 is 11.6 Å². The maximum absolute atomic E-state index is 9.18. The van der Waals surface area contributed by atoms with Crippen LogP contribution in [0.3, 0.4) is 0 Å². The van der Waals surface area contributed by atoms with Gasteiger partial charge in [-0.1, -0.05) is 17.7 Å². The third kappa shape index (κ3) is 2.91. The van der Waals surface area contributed by atoms with Crippen molar-refractivity contribution >= 4 is 11.6 Å². The molecule has 1 unspecified atom stereocenters. The van der Waals surface area contributed by atoms with Crippen LogP contribution in [-0.2, 0) is 0 Å². The van der Waals surface area contributed by atoms with Crippen LogP contribution in [0.1, 0.15) is 25.5 Å². The van der Waals surface area contributed by atoms with E-state index in [9.17, 15) is 5.26 Å². The number of halogens is 1. The number of nitriles is 1. The molecule has 0 aliphatic carbocycles. The van der Waals surface area contributed by atoms with E-state index >= 15 is 0 Å². The fourth-order valence-corrected chi connectivity index (χ4v) is 2.14. The van der Waals surface area contributed by atoms with Crippen LogP contribution < -0.4 is 10.1 Å². The highest BCUT2D eigenvalue weighted by atomic mass is 35.5. The highest BCUT2D eigenvalue weighted by molar-refractivity contribution is 6.32. The van der Waals surface area contributed by atoms with Gasteiger partial charge in [-0.2, -0.15) is 5.26 Å². The molecule has 0 aromatic heterocycles. The summed E-state index contributed by atoms with van der Waals surface area (Å²) in [5, 5.41) is 12.9. The van der Waals surface area contributed by atoms with Gasteiger partial charge < -0.3 is 10.1 Å². The average molecular weight is 253 g/mol. The molecule has 0 aliphatic heterocycles. The number of nitrogens with zero attached hydrogens (tertiary/aromatic N) is 1. The van der Waals surface area contributed by atoms with Crippen molar-refractivity contribution in [3.05, 3.63) is 28.8 Å². The van der Waals surface area contributed by atoms with E-state index in [1.807, 2.05) is 39.1 Å². The Hall–Kier alpha value is -1.24. The second-order valence-electron chi connectivity index (χ2n) is 4.45. The van der Waals surface area contributed by atoms with Gasteiger partial charge in [0.15, 0.2) is 0 Å². The van der Waals surface area contributed by atoms with E-state index in [0.29, 0.717) is 10.8 Å². The molecular weight excluding hydrogens is 236 g/mol. The number of benzene rings is 1. The molecule has 0 aliphatic rings. The Morgan fingerprint density at radius 2 is 2.12 bits per heavy atom. The molecule has 17 heavy (non-hydrogen) atoms. The Labute approximate surface area is 107 Å². The summed E-state index contributed by atoms with van der Waals surface area (Å²) in [4.78, 5) is 0. The lowest BCUT2D eigenvalue weighted by atomic mass is 9.82. The Balaban J connectivity index is 3.15. The summed E-state index contributed by atoms with van der Waals surface area (Å²) in [5.74, 6) is 0.639. The fourth-order valence-electron chi connectivity index (χ4n) is 1.87. The van der Waals surface area contributed by atoms with Gasteiger partial charge in [0, 0.05) is 0 Å². The van der Waals surface area contributed by atoms with Crippen LogP contribution in [0.25, 0.3) is 0 Å². The van der Waals surface area contributed by atoms with Gasteiger partial charge in [0.05, 0.1) is 29.7 Å². The third-order valence-electron chi connectivity index (χ3n) is 2.81. The maximum Gasteiger partial charge on any atom is 0.137 e. The number of ether oxygens (including phenoxy) is 1. The summed E-state index contributed by atoms with van der Waals surface area (Å²) in [7, 11) is 3.41. The molecule has 0 saturated heterocycles. The second kappa shape index (κ2) is 5.39. The molecule has 0 fully saturated rings. The fraction of sp³-hybridized carbons (Fsp3) is 0.462. The first kappa shape index (κ1) is 13.8. The van der Waals surface area contributed by atoms with E-state index in [2.05, 4.69) is 11.4 Å². The van der Waals surface area contributed by atoms with Crippen LogP contribution in [0.5, 0.6) is 5.75 Å². The van der Waals surface area contributed by atoms with Crippen molar-refractivity contribution in [2.45, 2.75) is 19.9 Å². The molecule has 1 rings (SSSR count). The van der Waals surface area contributed by atoms with Crippen LogP contribution in [0.4, 0.5) is 0 Å². The predicted octanol–water partition coefficient (Wildman–Crippen LogP) is 3.16. The van der Waals surface area contributed by atoms with E-state index in [4.69, 9.17) is 16.3 Å². The molecule has 0 radical (unpaired) electrons. The minimum atomic E-state index is -0.507. The van der Waals surface area contributed by atoms with E-state index in [1.54, 1.807) is 7.11 Å². The lowest BCUT2D eigenvalue weighted by molar-refractivity contribution is 0.343. The smallest absolute Gasteiger partial charge is 0.137 e. The van der Waals surface area contributed by atoms with Gasteiger partial charge in [0.2, 0.25) is 0 Å². The van der Waals surface area contributed by atoms with Crippen LogP contribution in [0.2, 0.25) is 5.02 Å². The Morgan fingerprint density at radius 1 is 1.47 bits per heavy atom. The standard InChI is InChI=1S/C13H17ClN2O/c1-13(2,8-15)12(16-3)9-5-6-11(17-4)10(14)7-9/h5-7,12,16H,1-4H3. The van der Waals surface area contributed by atoms with Crippen molar-refractivity contribution in [1.82, 2.24) is 5.32 Å². The van der Waals surface area contributed by atoms with Gasteiger partial charge in [-0.05, 0) is 38.6 Å². The Morgan fingerprint density at radius 3 is 2.53 bits per heavy atom. The molecule has 0 spiro atoms. The molecule has 0 saturated carbocycles. The largest absolute Gasteiger partial charge is 0.495 e. The molecule has 0 bridgehead atoms. The first-order valence-electron chi connectivity index (χ1n) is 5.38. The van der Waals surface area contributed by atoms with Gasteiger partial charge in [0.1, 0.15) is 5.75 Å². The third-order valence-corrected chi connectivity index (χ3v) is 3.10. The van der Waals surface area contributed by atoms with Crippen LogP contribution in [-0.4, -0.2) is 14.2 Å². The zero-order valence-electron chi connectivity index (χ0n) is 10.5. The topological polar surface area (TPSA) is 45.0 Å². The SMILES string of the molecule is CNC(c1ccc(OC)c(Cl)c1)C(C)(C)C#N. The molecule has 4 heteroatoms. The number of hydrogen-bond acceptors (Lipinski definition) is 3. The molecule has 1 aromatic rings. The summed E-state index contributed by atoms with van der Waals surface area (Å²) < 4.78 is 5.11. The molecular formula is C13H17ClN2O. The van der Waals surface area contributed by atoms with Crippen molar-refractivity contribution < 1.29 is 4.74 Å². The zero-order chi connectivity index (χ0) is 13.1. The highest BCUT2D eigenvalue weighted by Gasteiger charge is 2.29. The molecule has 92 valence electrons. The molecule has 1 aromatic carbocycles. The number of methoxy groups -OCH3 is 1. The van der Waals surface area contributed by atoms with Gasteiger partial charge in [0.25, 0.3) is 0 Å². The van der Waals surface area contributed by atoms with Crippen molar-refractivity contribution in [3.8, 4) is 11.8 Å². The first-order valence-corrected chi connectivity index (χ1v) is 5.76. The molecule has 1 N–H and O–H groups in total. The molecule has 0 amide bonds. The van der Waals surface area contributed by atoms with Crippen molar-refractivity contribution in [1.29, 1.82) is 5.26 Å². The molecule has 0 heterocycles. The van der Waals surface area contributed by atoms with E-state index < -0.39 is 5.41 Å². The lowest BCUT2D eigenvalue weighted by Gasteiger charge is -2.28. The quantitative estimate of drug-likeness (QED) is 0.895. The summed E-state index contributed by atoms with van der Waals surface area (Å²) in [6.45, 7) is 3.79. The maximum atomic E-state index is 9.18. The van der Waals surface area contributed by atoms with Gasteiger partial charge in [-0.25, -0.2) is 0 Å². The summed E-state index contributed by atoms with van der Waals surface area (Å²) in [6.07, 6.45) is 0. The van der Waals surface area contributed by atoms with Crippen molar-refractivity contribution in [2.75, 3.05) is 14.2 Å². The van der Waals surface area contributed by atoms with Gasteiger partial charge >= 0.3 is 0 Å². The minimum absolute atomic E-state index is 0.0732. The monoisotopic (exact) mass is 252 g/mol. The van der Waals surface area contributed by atoms with Gasteiger partial charge in [-0.15, -0.1) is 0 Å². The minimum Gasteiger partial charge on any atom is -0.495 e. The number of rotatable bonds is 4. The predicted molar refractivity (Wildman–Crippen MR) is 69.2 cm³/mol. The normalized spacial score (nSPS) is 12.9. The number of hydrogen-bond donors (Lipinski definition) is 1. The highest BCUT2D eigenvalue weighted by Crippen LogP contribution is 2.35. The lowest BCUT2D eigenvalue weighted by Crippen LogP contribution is -2.30. The average Bonchev–Trinajstić information content (AvgIpc) is 2.30. The van der Waals surface area contributed by atoms with E-state index in [0.717, 1.165) is 5.56 Å². The Bertz CT molecular complexity index is 438. The second-order valence-corrected chi connectivity index (χ2v) is 4.86.